The van der Waals surface area contributed by atoms with Crippen LogP contribution in [0.25, 0.3) is 0 Å². The Morgan fingerprint density at radius 2 is 1.69 bits per heavy atom. The molecule has 1 unspecified atom stereocenters. The quantitative estimate of drug-likeness (QED) is 0.576. The summed E-state index contributed by atoms with van der Waals surface area (Å²) in [5.74, 6) is 0. The van der Waals surface area contributed by atoms with Gasteiger partial charge in [-0.25, -0.2) is 0 Å². The monoisotopic (exact) mass is 230 g/mol. The molecule has 0 aromatic heterocycles. The summed E-state index contributed by atoms with van der Waals surface area (Å²) in [5.41, 5.74) is -0.0941. The maximum atomic E-state index is 9.81. The van der Waals surface area contributed by atoms with Crippen LogP contribution < -0.4 is 0 Å². The Kier molecular flexibility index (Phi) is 8.96. The fraction of sp³-hybridized carbons (Fsp3) is 1.00. The molecule has 0 saturated carbocycles. The number of aliphatic hydroxyl groups is 1. The van der Waals surface area contributed by atoms with E-state index in [1.807, 2.05) is 0 Å². The van der Waals surface area contributed by atoms with Gasteiger partial charge in [-0.05, 0) is 33.1 Å². The van der Waals surface area contributed by atoms with Gasteiger partial charge in [-0.1, -0.05) is 39.0 Å². The fourth-order valence-electron chi connectivity index (χ4n) is 1.74. The van der Waals surface area contributed by atoms with Crippen LogP contribution >= 0.6 is 0 Å². The van der Waals surface area contributed by atoms with Gasteiger partial charge < -0.3 is 9.84 Å². The number of ether oxygens (including phenoxy) is 1. The van der Waals surface area contributed by atoms with Gasteiger partial charge in [0.2, 0.25) is 0 Å². The van der Waals surface area contributed by atoms with E-state index in [0.717, 1.165) is 25.7 Å². The first-order valence-corrected chi connectivity index (χ1v) is 6.75. The lowest BCUT2D eigenvalue weighted by molar-refractivity contribution is 0.00205. The van der Waals surface area contributed by atoms with Crippen LogP contribution in [0.2, 0.25) is 0 Å². The van der Waals surface area contributed by atoms with E-state index < -0.39 is 0 Å². The van der Waals surface area contributed by atoms with E-state index in [9.17, 15) is 5.11 Å². The third-order valence-corrected chi connectivity index (χ3v) is 3.27. The maximum absolute atomic E-state index is 9.81. The largest absolute Gasteiger partial charge is 0.393 e. The number of aliphatic hydroxyl groups excluding tert-OH is 1. The minimum Gasteiger partial charge on any atom is -0.393 e. The summed E-state index contributed by atoms with van der Waals surface area (Å²) in [7, 11) is 1.73. The third-order valence-electron chi connectivity index (χ3n) is 3.27. The minimum absolute atomic E-state index is 0.0941. The van der Waals surface area contributed by atoms with Crippen molar-refractivity contribution in [2.45, 2.75) is 83.8 Å². The first-order chi connectivity index (χ1) is 7.52. The lowest BCUT2D eigenvalue weighted by Crippen LogP contribution is -2.24. The second kappa shape index (κ2) is 9.00. The second-order valence-corrected chi connectivity index (χ2v) is 5.36. The molecule has 1 N–H and O–H groups in total. The van der Waals surface area contributed by atoms with Crippen molar-refractivity contribution >= 4 is 0 Å². The first-order valence-electron chi connectivity index (χ1n) is 6.75. The third kappa shape index (κ3) is 9.17. The molecule has 0 fully saturated rings. The molecule has 0 aromatic rings. The van der Waals surface area contributed by atoms with E-state index in [0.29, 0.717) is 0 Å². The predicted octanol–water partition coefficient (Wildman–Crippen LogP) is 3.91. The van der Waals surface area contributed by atoms with Crippen LogP contribution in [-0.2, 0) is 4.74 Å². The van der Waals surface area contributed by atoms with Crippen LogP contribution in [0.5, 0.6) is 0 Å². The van der Waals surface area contributed by atoms with Gasteiger partial charge >= 0.3 is 0 Å². The van der Waals surface area contributed by atoms with Crippen LogP contribution in [-0.4, -0.2) is 23.9 Å². The highest BCUT2D eigenvalue weighted by atomic mass is 16.5. The van der Waals surface area contributed by atoms with Crippen molar-refractivity contribution in [1.82, 2.24) is 0 Å². The van der Waals surface area contributed by atoms with Crippen molar-refractivity contribution in [3.63, 3.8) is 0 Å². The van der Waals surface area contributed by atoms with Crippen LogP contribution in [0.15, 0.2) is 0 Å². The Labute approximate surface area is 101 Å². The fourth-order valence-corrected chi connectivity index (χ4v) is 1.74. The molecule has 0 bridgehead atoms. The molecule has 98 valence electrons. The highest BCUT2D eigenvalue weighted by Crippen LogP contribution is 2.19. The minimum atomic E-state index is -0.143. The van der Waals surface area contributed by atoms with E-state index in [-0.39, 0.29) is 11.7 Å². The molecule has 16 heavy (non-hydrogen) atoms. The van der Waals surface area contributed by atoms with Crippen molar-refractivity contribution in [1.29, 1.82) is 0 Å². The van der Waals surface area contributed by atoms with Gasteiger partial charge in [0.1, 0.15) is 0 Å². The van der Waals surface area contributed by atoms with E-state index in [2.05, 4.69) is 20.8 Å². The molecule has 2 heteroatoms. The predicted molar refractivity (Wildman–Crippen MR) is 69.7 cm³/mol. The SMILES string of the molecule is CCCCCCCC(O)CCC(C)(C)OC. The maximum Gasteiger partial charge on any atom is 0.0623 e. The molecule has 0 aliphatic carbocycles. The Balaban J connectivity index is 3.41. The van der Waals surface area contributed by atoms with Gasteiger partial charge in [0.25, 0.3) is 0 Å². The van der Waals surface area contributed by atoms with Crippen LogP contribution in [0.3, 0.4) is 0 Å². The number of hydrogen-bond acceptors (Lipinski definition) is 2. The van der Waals surface area contributed by atoms with Crippen molar-refractivity contribution in [2.75, 3.05) is 7.11 Å². The van der Waals surface area contributed by atoms with Gasteiger partial charge in [-0.15, -0.1) is 0 Å². The van der Waals surface area contributed by atoms with Gasteiger partial charge in [0.15, 0.2) is 0 Å². The summed E-state index contributed by atoms with van der Waals surface area (Å²) in [6.45, 7) is 6.36. The Morgan fingerprint density at radius 3 is 2.25 bits per heavy atom. The molecule has 0 radical (unpaired) electrons. The summed E-state index contributed by atoms with van der Waals surface area (Å²) in [5, 5.41) is 9.81. The molecule has 0 spiro atoms. The van der Waals surface area contributed by atoms with E-state index in [4.69, 9.17) is 4.74 Å². The molecule has 0 heterocycles. The van der Waals surface area contributed by atoms with Crippen LogP contribution in [0.4, 0.5) is 0 Å². The Morgan fingerprint density at radius 1 is 1.06 bits per heavy atom. The zero-order valence-electron chi connectivity index (χ0n) is 11.6. The highest BCUT2D eigenvalue weighted by Gasteiger charge is 2.17. The van der Waals surface area contributed by atoms with Crippen molar-refractivity contribution in [3.05, 3.63) is 0 Å². The highest BCUT2D eigenvalue weighted by molar-refractivity contribution is 4.70. The van der Waals surface area contributed by atoms with Crippen molar-refractivity contribution < 1.29 is 9.84 Å². The Bertz CT molecular complexity index is 155. The van der Waals surface area contributed by atoms with Crippen LogP contribution in [0, 0.1) is 0 Å². The summed E-state index contributed by atoms with van der Waals surface area (Å²) in [6, 6.07) is 0. The number of hydrogen-bond donors (Lipinski definition) is 1. The normalized spacial score (nSPS) is 14.1. The second-order valence-electron chi connectivity index (χ2n) is 5.36. The topological polar surface area (TPSA) is 29.5 Å². The Hall–Kier alpha value is -0.0800. The molecular weight excluding hydrogens is 200 g/mol. The zero-order valence-corrected chi connectivity index (χ0v) is 11.6. The van der Waals surface area contributed by atoms with Gasteiger partial charge in [-0.2, -0.15) is 0 Å². The standard InChI is InChI=1S/C14H30O2/c1-5-6-7-8-9-10-13(15)11-12-14(2,3)16-4/h13,15H,5-12H2,1-4H3. The molecule has 1 atom stereocenters. The molecule has 0 aromatic carbocycles. The zero-order chi connectivity index (χ0) is 12.4. The van der Waals surface area contributed by atoms with Crippen LogP contribution in [0.1, 0.15) is 72.1 Å². The molecule has 0 aliphatic heterocycles. The number of rotatable bonds is 10. The average Bonchev–Trinajstić information content (AvgIpc) is 2.26. The lowest BCUT2D eigenvalue weighted by Gasteiger charge is -2.24. The lowest BCUT2D eigenvalue weighted by atomic mass is 9.97. The summed E-state index contributed by atoms with van der Waals surface area (Å²) in [6.07, 6.45) is 8.94. The molecule has 0 saturated heterocycles. The van der Waals surface area contributed by atoms with Gasteiger partial charge in [0.05, 0.1) is 11.7 Å². The molecule has 0 aliphatic rings. The number of unbranched alkanes of at least 4 members (excludes halogenated alkanes) is 4. The summed E-state index contributed by atoms with van der Waals surface area (Å²) in [4.78, 5) is 0. The first kappa shape index (κ1) is 15.9. The molecule has 0 amide bonds. The average molecular weight is 230 g/mol. The smallest absolute Gasteiger partial charge is 0.0623 e. The number of methoxy groups -OCH3 is 1. The van der Waals surface area contributed by atoms with E-state index >= 15 is 0 Å². The molecule has 2 nitrogen and oxygen atoms in total. The van der Waals surface area contributed by atoms with Crippen molar-refractivity contribution in [3.8, 4) is 0 Å². The molecule has 0 rings (SSSR count). The van der Waals surface area contributed by atoms with Crippen molar-refractivity contribution in [2.24, 2.45) is 0 Å². The summed E-state index contributed by atoms with van der Waals surface area (Å²) < 4.78 is 5.33. The van der Waals surface area contributed by atoms with Gasteiger partial charge in [-0.3, -0.25) is 0 Å². The summed E-state index contributed by atoms with van der Waals surface area (Å²) >= 11 is 0. The van der Waals surface area contributed by atoms with E-state index in [1.165, 1.54) is 25.7 Å². The van der Waals surface area contributed by atoms with E-state index in [1.54, 1.807) is 7.11 Å². The molecular formula is C14H30O2. The van der Waals surface area contributed by atoms with Gasteiger partial charge in [0, 0.05) is 7.11 Å².